The van der Waals surface area contributed by atoms with E-state index in [9.17, 15) is 0 Å². The van der Waals surface area contributed by atoms with E-state index in [0.717, 1.165) is 17.8 Å². The van der Waals surface area contributed by atoms with Crippen molar-refractivity contribution in [3.8, 4) is 0 Å². The average Bonchev–Trinajstić information content (AvgIpc) is 2.63. The number of hydrogen-bond donors (Lipinski definition) is 0. The zero-order valence-electron chi connectivity index (χ0n) is 15.6. The maximum Gasteiger partial charge on any atom is 0 e. The van der Waals surface area contributed by atoms with Crippen LogP contribution in [0.25, 0.3) is 5.57 Å². The van der Waals surface area contributed by atoms with E-state index in [0.29, 0.717) is 0 Å². The number of hydrogen-bond acceptors (Lipinski definition) is 0. The van der Waals surface area contributed by atoms with Gasteiger partial charge in [0.05, 0.1) is 0 Å². The summed E-state index contributed by atoms with van der Waals surface area (Å²) < 4.78 is 0. The summed E-state index contributed by atoms with van der Waals surface area (Å²) in [4.78, 5) is 0. The van der Waals surface area contributed by atoms with Gasteiger partial charge in [0.2, 0.25) is 0 Å². The lowest BCUT2D eigenvalue weighted by Gasteiger charge is -2.35. The second-order valence-electron chi connectivity index (χ2n) is 8.06. The first-order valence-electron chi connectivity index (χ1n) is 10.1. The Bertz CT molecular complexity index is 558. The molecule has 3 rings (SSSR count). The van der Waals surface area contributed by atoms with Crippen molar-refractivity contribution in [3.63, 3.8) is 0 Å². The number of aryl methyl sites for hydroxylation is 1. The molecule has 0 radical (unpaired) electrons. The van der Waals surface area contributed by atoms with Gasteiger partial charge in [0.15, 0.2) is 0 Å². The van der Waals surface area contributed by atoms with Gasteiger partial charge < -0.3 is 0 Å². The van der Waals surface area contributed by atoms with Gasteiger partial charge in [-0.2, -0.15) is 0 Å². The molecule has 1 fully saturated rings. The first-order chi connectivity index (χ1) is 11.8. The third kappa shape index (κ3) is 4.62. The quantitative estimate of drug-likeness (QED) is 0.489. The fraction of sp³-hybridized carbons (Fsp3) is 0.583. The molecule has 0 amide bonds. The van der Waals surface area contributed by atoms with Crippen LogP contribution in [0.2, 0.25) is 0 Å². The van der Waals surface area contributed by atoms with Gasteiger partial charge in [0, 0.05) is 1.43 Å². The molecule has 0 heteroatoms. The van der Waals surface area contributed by atoms with Crippen LogP contribution in [0.5, 0.6) is 0 Å². The molecule has 0 saturated heterocycles. The summed E-state index contributed by atoms with van der Waals surface area (Å²) in [6.45, 7) is 4.31. The summed E-state index contributed by atoms with van der Waals surface area (Å²) in [6, 6.07) is 9.10. The number of rotatable bonds is 5. The Hall–Kier alpha value is -1.30. The monoisotopic (exact) mass is 324 g/mol. The van der Waals surface area contributed by atoms with Crippen LogP contribution in [-0.2, 0) is 0 Å². The van der Waals surface area contributed by atoms with E-state index in [1.165, 1.54) is 68.9 Å². The van der Waals surface area contributed by atoms with Gasteiger partial charge in [0.1, 0.15) is 0 Å². The van der Waals surface area contributed by atoms with Crippen LogP contribution in [0, 0.1) is 24.7 Å². The fourth-order valence-corrected chi connectivity index (χ4v) is 4.76. The molecule has 0 heterocycles. The van der Waals surface area contributed by atoms with Gasteiger partial charge in [-0.1, -0.05) is 60.9 Å². The molecule has 0 aromatic heterocycles. The van der Waals surface area contributed by atoms with Crippen LogP contribution in [0.15, 0.2) is 42.5 Å². The van der Waals surface area contributed by atoms with Gasteiger partial charge in [0.25, 0.3) is 0 Å². The molecule has 132 valence electrons. The summed E-state index contributed by atoms with van der Waals surface area (Å²) in [5.41, 5.74) is 4.40. The van der Waals surface area contributed by atoms with Gasteiger partial charge in [-0.15, -0.1) is 0 Å². The van der Waals surface area contributed by atoms with E-state index in [1.54, 1.807) is 5.57 Å². The van der Waals surface area contributed by atoms with Crippen molar-refractivity contribution in [2.45, 2.75) is 71.6 Å². The number of allylic oxidation sites excluding steroid dienone is 4. The summed E-state index contributed by atoms with van der Waals surface area (Å²) >= 11 is 0. The number of benzene rings is 1. The Morgan fingerprint density at radius 2 is 1.75 bits per heavy atom. The molecule has 0 aliphatic heterocycles. The van der Waals surface area contributed by atoms with Crippen LogP contribution >= 0.6 is 0 Å². The molecule has 1 aromatic carbocycles. The van der Waals surface area contributed by atoms with Crippen LogP contribution in [0.1, 0.15) is 77.3 Å². The largest absolute Gasteiger partial charge is 0.0917 e. The average molecular weight is 325 g/mol. The Balaban J connectivity index is 0.00000225. The van der Waals surface area contributed by atoms with Gasteiger partial charge in [-0.25, -0.2) is 0 Å². The fourth-order valence-electron chi connectivity index (χ4n) is 4.76. The second-order valence-corrected chi connectivity index (χ2v) is 8.06. The first kappa shape index (κ1) is 17.5. The Kier molecular flexibility index (Phi) is 6.35. The lowest BCUT2D eigenvalue weighted by atomic mass is 9.70. The molecular formula is C24H36. The topological polar surface area (TPSA) is 0 Å². The Morgan fingerprint density at radius 3 is 2.38 bits per heavy atom. The van der Waals surface area contributed by atoms with Crippen molar-refractivity contribution in [2.24, 2.45) is 17.8 Å². The normalized spacial score (nSPS) is 28.1. The summed E-state index contributed by atoms with van der Waals surface area (Å²) in [7, 11) is 0. The molecule has 0 bridgehead atoms. The summed E-state index contributed by atoms with van der Waals surface area (Å²) in [5.74, 6) is 2.95. The van der Waals surface area contributed by atoms with Crippen LogP contribution in [-0.4, -0.2) is 0 Å². The van der Waals surface area contributed by atoms with Crippen LogP contribution in [0.4, 0.5) is 0 Å². The van der Waals surface area contributed by atoms with E-state index in [2.05, 4.69) is 56.3 Å². The lowest BCUT2D eigenvalue weighted by Crippen LogP contribution is -2.23. The van der Waals surface area contributed by atoms with E-state index in [-0.39, 0.29) is 1.43 Å². The van der Waals surface area contributed by atoms with E-state index < -0.39 is 0 Å². The van der Waals surface area contributed by atoms with Crippen molar-refractivity contribution >= 4 is 5.57 Å². The highest BCUT2D eigenvalue weighted by molar-refractivity contribution is 5.66. The molecule has 0 N–H and O–H groups in total. The van der Waals surface area contributed by atoms with Crippen molar-refractivity contribution in [1.29, 1.82) is 0 Å². The highest BCUT2D eigenvalue weighted by atomic mass is 14.3. The molecular weight excluding hydrogens is 288 g/mol. The molecule has 1 atom stereocenters. The molecule has 0 spiro atoms. The molecule has 24 heavy (non-hydrogen) atoms. The van der Waals surface area contributed by atoms with Crippen molar-refractivity contribution in [1.82, 2.24) is 0 Å². The lowest BCUT2D eigenvalue weighted by molar-refractivity contribution is 0.190. The third-order valence-electron chi connectivity index (χ3n) is 6.41. The highest BCUT2D eigenvalue weighted by Gasteiger charge is 2.28. The summed E-state index contributed by atoms with van der Waals surface area (Å²) in [6.07, 6.45) is 19.7. The highest BCUT2D eigenvalue weighted by Crippen LogP contribution is 2.42. The Labute approximate surface area is 150 Å². The zero-order chi connectivity index (χ0) is 16.8. The van der Waals surface area contributed by atoms with E-state index in [1.807, 2.05) is 0 Å². The van der Waals surface area contributed by atoms with E-state index >= 15 is 0 Å². The Morgan fingerprint density at radius 1 is 1.00 bits per heavy atom. The van der Waals surface area contributed by atoms with Gasteiger partial charge >= 0.3 is 0 Å². The molecule has 1 unspecified atom stereocenters. The molecule has 0 nitrogen and oxygen atoms in total. The standard InChI is InChI=1S/C24H34.H2/c1-3-4-5-6-20-9-13-22(14-10-20)24-17-15-23(16-18-24)21-11-7-19(2)8-12-21;/h3-4,7-8,11-12,15,20,22,24H,5-6,9-10,13-14,16-18H2,1-2H3;1H/b4-3+;. The van der Waals surface area contributed by atoms with Crippen LogP contribution in [0.3, 0.4) is 0 Å². The smallest absolute Gasteiger partial charge is 0 e. The predicted molar refractivity (Wildman–Crippen MR) is 108 cm³/mol. The van der Waals surface area contributed by atoms with Crippen molar-refractivity contribution in [3.05, 3.63) is 53.6 Å². The molecule has 1 saturated carbocycles. The van der Waals surface area contributed by atoms with Gasteiger partial charge in [-0.05, 0) is 87.7 Å². The molecule has 2 aliphatic rings. The molecule has 2 aliphatic carbocycles. The zero-order valence-corrected chi connectivity index (χ0v) is 15.6. The molecule has 1 aromatic rings. The second kappa shape index (κ2) is 8.70. The van der Waals surface area contributed by atoms with E-state index in [4.69, 9.17) is 0 Å². The predicted octanol–water partition coefficient (Wildman–Crippen LogP) is 7.59. The first-order valence-corrected chi connectivity index (χ1v) is 10.1. The third-order valence-corrected chi connectivity index (χ3v) is 6.41. The minimum atomic E-state index is 0. The SMILES string of the molecule is C/C=C/CCC1CCC(C2CC=C(c3ccc(C)cc3)CC2)CC1.[HH]. The maximum atomic E-state index is 2.55. The minimum Gasteiger partial charge on any atom is -0.0917 e. The van der Waals surface area contributed by atoms with Gasteiger partial charge in [-0.3, -0.25) is 0 Å². The van der Waals surface area contributed by atoms with Crippen molar-refractivity contribution in [2.75, 3.05) is 0 Å². The summed E-state index contributed by atoms with van der Waals surface area (Å²) in [5, 5.41) is 0. The maximum absolute atomic E-state index is 2.55. The van der Waals surface area contributed by atoms with Crippen molar-refractivity contribution < 1.29 is 1.43 Å². The van der Waals surface area contributed by atoms with Crippen LogP contribution < -0.4 is 0 Å². The minimum absolute atomic E-state index is 0.